The van der Waals surface area contributed by atoms with Crippen molar-refractivity contribution >= 4 is 44.9 Å². The van der Waals surface area contributed by atoms with Crippen LogP contribution in [0.25, 0.3) is 21.0 Å². The molecule has 0 spiro atoms. The normalized spacial score (nSPS) is 12.0. The molecule has 0 fully saturated rings. The molecule has 0 atom stereocenters. The SMILES string of the molecule is C/C=C/COC(=O)Nc1ccc(-c2cnc(-c3ccc(NC(=O)OC(C)C)cc3)s2)c(S(=O)(=O)NC(C)(C)C)c1. The summed E-state index contributed by atoms with van der Waals surface area (Å²) >= 11 is 1.31. The van der Waals surface area contributed by atoms with Gasteiger partial charge in [0.1, 0.15) is 11.6 Å². The molecule has 10 nitrogen and oxygen atoms in total. The highest BCUT2D eigenvalue weighted by atomic mass is 32.2. The number of nitrogens with zero attached hydrogens (tertiary/aromatic N) is 1. The molecule has 3 N–H and O–H groups in total. The van der Waals surface area contributed by atoms with Gasteiger partial charge in [-0.3, -0.25) is 10.6 Å². The van der Waals surface area contributed by atoms with Crippen LogP contribution < -0.4 is 15.4 Å². The van der Waals surface area contributed by atoms with Gasteiger partial charge in [-0.15, -0.1) is 11.3 Å². The molecule has 3 aromatic rings. The number of hydrogen-bond donors (Lipinski definition) is 3. The first-order valence-electron chi connectivity index (χ1n) is 12.5. The number of carbonyl (C=O) groups is 2. The zero-order valence-electron chi connectivity index (χ0n) is 23.3. The number of amides is 2. The maximum absolute atomic E-state index is 13.4. The van der Waals surface area contributed by atoms with Crippen LogP contribution in [0.15, 0.2) is 65.7 Å². The number of allylic oxidation sites excluding steroid dienone is 1. The minimum absolute atomic E-state index is 0.00732. The van der Waals surface area contributed by atoms with Gasteiger partial charge in [0, 0.05) is 34.2 Å². The number of nitrogens with one attached hydrogen (secondary N) is 3. The predicted octanol–water partition coefficient (Wildman–Crippen LogP) is 6.64. The van der Waals surface area contributed by atoms with E-state index < -0.39 is 27.7 Å². The Morgan fingerprint density at radius 1 is 1.02 bits per heavy atom. The average Bonchev–Trinajstić information content (AvgIpc) is 3.33. The van der Waals surface area contributed by atoms with E-state index in [1.807, 2.05) is 6.92 Å². The van der Waals surface area contributed by atoms with Crippen molar-refractivity contribution in [2.75, 3.05) is 17.2 Å². The van der Waals surface area contributed by atoms with Crippen LogP contribution in [0.3, 0.4) is 0 Å². The second kappa shape index (κ2) is 13.1. The number of carbonyl (C=O) groups excluding carboxylic acids is 2. The van der Waals surface area contributed by atoms with E-state index in [0.29, 0.717) is 21.1 Å². The van der Waals surface area contributed by atoms with Gasteiger partial charge in [0.2, 0.25) is 10.0 Å². The lowest BCUT2D eigenvalue weighted by atomic mass is 10.1. The van der Waals surface area contributed by atoms with Gasteiger partial charge in [0.25, 0.3) is 0 Å². The van der Waals surface area contributed by atoms with Gasteiger partial charge in [-0.2, -0.15) is 0 Å². The lowest BCUT2D eigenvalue weighted by Gasteiger charge is -2.22. The number of thiazole rings is 1. The Labute approximate surface area is 238 Å². The van der Waals surface area contributed by atoms with Crippen LogP contribution >= 0.6 is 11.3 Å². The second-order valence-electron chi connectivity index (χ2n) is 10.0. The summed E-state index contributed by atoms with van der Waals surface area (Å²) in [4.78, 5) is 29.1. The Kier molecular flexibility index (Phi) is 10.1. The molecule has 40 heavy (non-hydrogen) atoms. The zero-order chi connectivity index (χ0) is 29.5. The third-order valence-electron chi connectivity index (χ3n) is 5.00. The van der Waals surface area contributed by atoms with Gasteiger partial charge in [-0.1, -0.05) is 18.2 Å². The minimum Gasteiger partial charge on any atom is -0.447 e. The molecule has 0 aliphatic heterocycles. The molecule has 3 rings (SSSR count). The lowest BCUT2D eigenvalue weighted by Crippen LogP contribution is -2.40. The van der Waals surface area contributed by atoms with Crippen LogP contribution in [0, 0.1) is 0 Å². The molecule has 2 amide bonds. The summed E-state index contributed by atoms with van der Waals surface area (Å²) < 4.78 is 39.7. The molecule has 0 bridgehead atoms. The van der Waals surface area contributed by atoms with Crippen molar-refractivity contribution in [2.45, 2.75) is 58.1 Å². The fourth-order valence-corrected chi connectivity index (χ4v) is 6.14. The van der Waals surface area contributed by atoms with Crippen LogP contribution in [0.2, 0.25) is 0 Å². The molecule has 0 aliphatic carbocycles. The summed E-state index contributed by atoms with van der Waals surface area (Å²) in [5, 5.41) is 5.90. The van der Waals surface area contributed by atoms with E-state index >= 15 is 0 Å². The molecule has 1 heterocycles. The van der Waals surface area contributed by atoms with E-state index in [0.717, 1.165) is 5.56 Å². The van der Waals surface area contributed by atoms with Gasteiger partial charge in [-0.05, 0) is 77.9 Å². The van der Waals surface area contributed by atoms with Crippen molar-refractivity contribution < 1.29 is 27.5 Å². The molecule has 0 saturated carbocycles. The van der Waals surface area contributed by atoms with Crippen molar-refractivity contribution in [1.82, 2.24) is 9.71 Å². The Balaban J connectivity index is 1.92. The van der Waals surface area contributed by atoms with Crippen LogP contribution in [-0.4, -0.2) is 43.8 Å². The number of rotatable bonds is 9. The van der Waals surface area contributed by atoms with E-state index in [-0.39, 0.29) is 23.3 Å². The van der Waals surface area contributed by atoms with Crippen LogP contribution in [0.1, 0.15) is 41.5 Å². The Hall–Kier alpha value is -3.74. The third kappa shape index (κ3) is 8.90. The predicted molar refractivity (Wildman–Crippen MR) is 158 cm³/mol. The number of hydrogen-bond acceptors (Lipinski definition) is 8. The van der Waals surface area contributed by atoms with Crippen LogP contribution in [-0.2, 0) is 19.5 Å². The van der Waals surface area contributed by atoms with E-state index in [1.165, 1.54) is 17.4 Å². The fraction of sp³-hybridized carbons (Fsp3) is 0.321. The maximum Gasteiger partial charge on any atom is 0.411 e. The smallest absolute Gasteiger partial charge is 0.411 e. The lowest BCUT2D eigenvalue weighted by molar-refractivity contribution is 0.130. The number of anilines is 2. The standard InChI is InChI=1S/C28H34N4O6S2/c1-7-8-15-37-26(33)31-21-13-14-22(24(16-21)40(35,36)32-28(4,5)6)23-17-29-25(39-23)19-9-11-20(12-10-19)30-27(34)38-18(2)3/h7-14,16-18,32H,15H2,1-6H3,(H,30,34)(H,31,33)/b8-7+. The third-order valence-corrected chi connectivity index (χ3v) is 7.87. The number of aromatic nitrogens is 1. The van der Waals surface area contributed by atoms with Crippen molar-refractivity contribution in [1.29, 1.82) is 0 Å². The monoisotopic (exact) mass is 586 g/mol. The minimum atomic E-state index is -3.98. The van der Waals surface area contributed by atoms with Crippen molar-refractivity contribution in [3.8, 4) is 21.0 Å². The van der Waals surface area contributed by atoms with E-state index in [2.05, 4.69) is 20.3 Å². The van der Waals surface area contributed by atoms with Gasteiger partial charge < -0.3 is 9.47 Å². The Morgan fingerprint density at radius 2 is 1.68 bits per heavy atom. The van der Waals surface area contributed by atoms with Crippen LogP contribution in [0.5, 0.6) is 0 Å². The number of benzene rings is 2. The molecule has 1 aromatic heterocycles. The van der Waals surface area contributed by atoms with E-state index in [9.17, 15) is 18.0 Å². The first-order valence-corrected chi connectivity index (χ1v) is 14.8. The molecule has 0 radical (unpaired) electrons. The summed E-state index contributed by atoms with van der Waals surface area (Å²) in [7, 11) is -3.98. The summed E-state index contributed by atoms with van der Waals surface area (Å²) in [6.45, 7) is 10.7. The average molecular weight is 587 g/mol. The molecular formula is C28H34N4O6S2. The molecule has 12 heteroatoms. The molecule has 0 unspecified atom stereocenters. The number of sulfonamides is 1. The van der Waals surface area contributed by atoms with Crippen molar-refractivity contribution in [2.24, 2.45) is 0 Å². The highest BCUT2D eigenvalue weighted by Crippen LogP contribution is 2.37. The van der Waals surface area contributed by atoms with Gasteiger partial charge in [0.05, 0.1) is 15.9 Å². The molecule has 0 aliphatic rings. The van der Waals surface area contributed by atoms with Crippen molar-refractivity contribution in [3.05, 3.63) is 60.8 Å². The zero-order valence-corrected chi connectivity index (χ0v) is 24.9. The first kappa shape index (κ1) is 30.8. The highest BCUT2D eigenvalue weighted by molar-refractivity contribution is 7.89. The summed E-state index contributed by atoms with van der Waals surface area (Å²) in [5.74, 6) is 0. The second-order valence-corrected chi connectivity index (χ2v) is 12.7. The molecular weight excluding hydrogens is 552 g/mol. The quantitative estimate of drug-likeness (QED) is 0.239. The molecule has 214 valence electrons. The van der Waals surface area contributed by atoms with Gasteiger partial charge in [0.15, 0.2) is 0 Å². The van der Waals surface area contributed by atoms with Gasteiger partial charge in [-0.25, -0.2) is 27.7 Å². The molecule has 2 aromatic carbocycles. The Morgan fingerprint density at radius 3 is 2.30 bits per heavy atom. The largest absolute Gasteiger partial charge is 0.447 e. The Bertz CT molecular complexity index is 1470. The summed E-state index contributed by atoms with van der Waals surface area (Å²) in [6, 6.07) is 11.7. The van der Waals surface area contributed by atoms with Crippen molar-refractivity contribution in [3.63, 3.8) is 0 Å². The van der Waals surface area contributed by atoms with E-state index in [4.69, 9.17) is 9.47 Å². The van der Waals surface area contributed by atoms with Crippen LogP contribution in [0.4, 0.5) is 21.0 Å². The first-order chi connectivity index (χ1) is 18.8. The topological polar surface area (TPSA) is 136 Å². The fourth-order valence-electron chi connectivity index (χ4n) is 3.45. The van der Waals surface area contributed by atoms with E-state index in [1.54, 1.807) is 89.4 Å². The maximum atomic E-state index is 13.4. The summed E-state index contributed by atoms with van der Waals surface area (Å²) in [6.07, 6.45) is 3.56. The molecule has 0 saturated heterocycles. The van der Waals surface area contributed by atoms with Gasteiger partial charge >= 0.3 is 12.2 Å². The summed E-state index contributed by atoms with van der Waals surface area (Å²) in [5.41, 5.74) is 1.33. The highest BCUT2D eigenvalue weighted by Gasteiger charge is 2.26. The number of ether oxygens (including phenoxy) is 2.